The molecule has 0 bridgehead atoms. The lowest BCUT2D eigenvalue weighted by molar-refractivity contribution is 0.157. The molecule has 2 nitrogen and oxygen atoms in total. The van der Waals surface area contributed by atoms with E-state index >= 15 is 0 Å². The van der Waals surface area contributed by atoms with Gasteiger partial charge in [-0.25, -0.2) is 0 Å². The first kappa shape index (κ1) is 13.0. The van der Waals surface area contributed by atoms with Crippen LogP contribution in [0.1, 0.15) is 52.4 Å². The summed E-state index contributed by atoms with van der Waals surface area (Å²) < 4.78 is 5.14. The summed E-state index contributed by atoms with van der Waals surface area (Å²) in [6.07, 6.45) is 8.34. The Morgan fingerprint density at radius 3 is 2.47 bits per heavy atom. The maximum atomic E-state index is 5.14. The number of methoxy groups -OCH3 is 1. The predicted molar refractivity (Wildman–Crippen MR) is 65.1 cm³/mol. The van der Waals surface area contributed by atoms with Gasteiger partial charge < -0.3 is 10.1 Å². The first-order valence-corrected chi connectivity index (χ1v) is 6.51. The average Bonchev–Trinajstić information content (AvgIpc) is 2.22. The fraction of sp³-hybridized carbons (Fsp3) is 1.00. The molecule has 0 aliphatic heterocycles. The van der Waals surface area contributed by atoms with E-state index in [1.807, 2.05) is 0 Å². The number of hydrogen-bond acceptors (Lipinski definition) is 2. The van der Waals surface area contributed by atoms with Crippen molar-refractivity contribution in [3.63, 3.8) is 0 Å². The van der Waals surface area contributed by atoms with Gasteiger partial charge in [-0.05, 0) is 38.5 Å². The second-order valence-corrected chi connectivity index (χ2v) is 5.03. The van der Waals surface area contributed by atoms with Crippen LogP contribution in [0.15, 0.2) is 0 Å². The minimum Gasteiger partial charge on any atom is -0.383 e. The van der Waals surface area contributed by atoms with Crippen molar-refractivity contribution in [1.82, 2.24) is 5.32 Å². The molecule has 1 N–H and O–H groups in total. The largest absolute Gasteiger partial charge is 0.383 e. The van der Waals surface area contributed by atoms with Crippen LogP contribution in [-0.2, 0) is 4.74 Å². The summed E-state index contributed by atoms with van der Waals surface area (Å²) >= 11 is 0. The molecule has 15 heavy (non-hydrogen) atoms. The van der Waals surface area contributed by atoms with Gasteiger partial charge in [-0.15, -0.1) is 0 Å². The quantitative estimate of drug-likeness (QED) is 0.732. The molecule has 1 fully saturated rings. The summed E-state index contributed by atoms with van der Waals surface area (Å²) in [6.45, 7) is 5.33. The van der Waals surface area contributed by atoms with Gasteiger partial charge in [0, 0.05) is 19.2 Å². The normalized spacial score (nSPS) is 29.0. The molecule has 0 aromatic carbocycles. The SMILES string of the molecule is CCCC1CCC(N[C@@H](C)COC)CC1. The molecule has 0 heterocycles. The van der Waals surface area contributed by atoms with E-state index < -0.39 is 0 Å². The monoisotopic (exact) mass is 213 g/mol. The Kier molecular flexibility index (Phi) is 6.26. The van der Waals surface area contributed by atoms with E-state index in [1.54, 1.807) is 7.11 Å². The second-order valence-electron chi connectivity index (χ2n) is 5.03. The van der Waals surface area contributed by atoms with Crippen molar-refractivity contribution in [2.45, 2.75) is 64.5 Å². The number of nitrogens with one attached hydrogen (secondary N) is 1. The van der Waals surface area contributed by atoms with Crippen molar-refractivity contribution < 1.29 is 4.74 Å². The van der Waals surface area contributed by atoms with Crippen LogP contribution in [0.25, 0.3) is 0 Å². The molecular formula is C13H27NO. The smallest absolute Gasteiger partial charge is 0.0613 e. The van der Waals surface area contributed by atoms with Gasteiger partial charge in [-0.3, -0.25) is 0 Å². The molecule has 0 spiro atoms. The third kappa shape index (κ3) is 4.98. The molecule has 0 aromatic heterocycles. The van der Waals surface area contributed by atoms with Crippen LogP contribution >= 0.6 is 0 Å². The van der Waals surface area contributed by atoms with Crippen LogP contribution in [-0.4, -0.2) is 25.8 Å². The summed E-state index contributed by atoms with van der Waals surface area (Å²) in [4.78, 5) is 0. The van der Waals surface area contributed by atoms with E-state index in [0.717, 1.165) is 18.6 Å². The molecule has 1 aliphatic rings. The van der Waals surface area contributed by atoms with Crippen LogP contribution in [0.2, 0.25) is 0 Å². The van der Waals surface area contributed by atoms with Crippen LogP contribution in [0.3, 0.4) is 0 Å². The summed E-state index contributed by atoms with van der Waals surface area (Å²) in [7, 11) is 1.77. The fourth-order valence-electron chi connectivity index (χ4n) is 2.73. The third-order valence-electron chi connectivity index (χ3n) is 3.48. The molecule has 0 amide bonds. The molecule has 1 atom stereocenters. The van der Waals surface area contributed by atoms with Crippen molar-refractivity contribution in [2.24, 2.45) is 5.92 Å². The molecule has 90 valence electrons. The van der Waals surface area contributed by atoms with Gasteiger partial charge in [0.15, 0.2) is 0 Å². The Bertz CT molecular complexity index is 153. The molecule has 0 aromatic rings. The minimum absolute atomic E-state index is 0.503. The van der Waals surface area contributed by atoms with E-state index in [1.165, 1.54) is 38.5 Å². The Morgan fingerprint density at radius 1 is 1.27 bits per heavy atom. The van der Waals surface area contributed by atoms with Crippen LogP contribution < -0.4 is 5.32 Å². The zero-order chi connectivity index (χ0) is 11.1. The highest BCUT2D eigenvalue weighted by Gasteiger charge is 2.21. The predicted octanol–water partition coefficient (Wildman–Crippen LogP) is 2.97. The van der Waals surface area contributed by atoms with E-state index in [2.05, 4.69) is 19.2 Å². The Hall–Kier alpha value is -0.0800. The average molecular weight is 213 g/mol. The van der Waals surface area contributed by atoms with E-state index in [9.17, 15) is 0 Å². The van der Waals surface area contributed by atoms with E-state index in [-0.39, 0.29) is 0 Å². The summed E-state index contributed by atoms with van der Waals surface area (Å²) in [5.41, 5.74) is 0. The topological polar surface area (TPSA) is 21.3 Å². The Labute approximate surface area is 94.8 Å². The zero-order valence-corrected chi connectivity index (χ0v) is 10.6. The minimum atomic E-state index is 0.503. The Morgan fingerprint density at radius 2 is 1.93 bits per heavy atom. The molecule has 1 saturated carbocycles. The molecule has 0 unspecified atom stereocenters. The highest BCUT2D eigenvalue weighted by atomic mass is 16.5. The molecule has 1 aliphatic carbocycles. The van der Waals surface area contributed by atoms with Crippen molar-refractivity contribution in [2.75, 3.05) is 13.7 Å². The zero-order valence-electron chi connectivity index (χ0n) is 10.6. The molecule has 0 radical (unpaired) electrons. The highest BCUT2D eigenvalue weighted by molar-refractivity contribution is 4.79. The van der Waals surface area contributed by atoms with Crippen molar-refractivity contribution >= 4 is 0 Å². The van der Waals surface area contributed by atoms with Crippen LogP contribution in [0.4, 0.5) is 0 Å². The number of rotatable bonds is 6. The lowest BCUT2D eigenvalue weighted by Gasteiger charge is -2.31. The maximum absolute atomic E-state index is 5.14. The first-order valence-electron chi connectivity index (χ1n) is 6.51. The van der Waals surface area contributed by atoms with E-state index in [0.29, 0.717) is 6.04 Å². The third-order valence-corrected chi connectivity index (χ3v) is 3.48. The molecule has 0 saturated heterocycles. The lowest BCUT2D eigenvalue weighted by Crippen LogP contribution is -2.41. The first-order chi connectivity index (χ1) is 7.26. The summed E-state index contributed by atoms with van der Waals surface area (Å²) in [5.74, 6) is 1.01. The van der Waals surface area contributed by atoms with Gasteiger partial charge in [0.05, 0.1) is 6.61 Å². The van der Waals surface area contributed by atoms with Gasteiger partial charge in [0.2, 0.25) is 0 Å². The van der Waals surface area contributed by atoms with Gasteiger partial charge in [0.25, 0.3) is 0 Å². The summed E-state index contributed by atoms with van der Waals surface area (Å²) in [5, 5.41) is 3.66. The fourth-order valence-corrected chi connectivity index (χ4v) is 2.73. The van der Waals surface area contributed by atoms with Crippen molar-refractivity contribution in [3.8, 4) is 0 Å². The van der Waals surface area contributed by atoms with E-state index in [4.69, 9.17) is 4.74 Å². The lowest BCUT2D eigenvalue weighted by atomic mass is 9.83. The van der Waals surface area contributed by atoms with Crippen LogP contribution in [0.5, 0.6) is 0 Å². The van der Waals surface area contributed by atoms with Crippen LogP contribution in [0, 0.1) is 5.92 Å². The van der Waals surface area contributed by atoms with Gasteiger partial charge in [0.1, 0.15) is 0 Å². The molecular weight excluding hydrogens is 186 g/mol. The van der Waals surface area contributed by atoms with Gasteiger partial charge >= 0.3 is 0 Å². The second kappa shape index (κ2) is 7.24. The summed E-state index contributed by atoms with van der Waals surface area (Å²) in [6, 6.07) is 1.24. The molecule has 1 rings (SSSR count). The standard InChI is InChI=1S/C13H27NO/c1-4-5-12-6-8-13(9-7-12)14-11(2)10-15-3/h11-14H,4-10H2,1-3H3/t11-,12?,13?/m0/s1. The number of hydrogen-bond donors (Lipinski definition) is 1. The molecule has 2 heteroatoms. The Balaban J connectivity index is 2.14. The van der Waals surface area contributed by atoms with Gasteiger partial charge in [-0.2, -0.15) is 0 Å². The number of ether oxygens (including phenoxy) is 1. The highest BCUT2D eigenvalue weighted by Crippen LogP contribution is 2.27. The maximum Gasteiger partial charge on any atom is 0.0613 e. The van der Waals surface area contributed by atoms with Crippen molar-refractivity contribution in [3.05, 3.63) is 0 Å². The van der Waals surface area contributed by atoms with Crippen molar-refractivity contribution in [1.29, 1.82) is 0 Å². The van der Waals surface area contributed by atoms with Gasteiger partial charge in [-0.1, -0.05) is 19.8 Å².